The average Bonchev–Trinajstić information content (AvgIpc) is 3.34. The van der Waals surface area contributed by atoms with Crippen molar-refractivity contribution in [3.8, 4) is 11.5 Å². The van der Waals surface area contributed by atoms with Crippen molar-refractivity contribution in [3.05, 3.63) is 48.2 Å². The molecule has 0 atom stereocenters. The lowest BCUT2D eigenvalue weighted by atomic mass is 10.1. The molecule has 0 saturated heterocycles. The molecule has 1 aliphatic rings. The van der Waals surface area contributed by atoms with E-state index in [1.807, 2.05) is 0 Å². The predicted octanol–water partition coefficient (Wildman–Crippen LogP) is 2.45. The summed E-state index contributed by atoms with van der Waals surface area (Å²) in [4.78, 5) is 14.4. The Morgan fingerprint density at radius 3 is 2.53 bits per heavy atom. The molecule has 1 aromatic carbocycles. The first-order chi connectivity index (χ1) is 16.9. The predicted molar refractivity (Wildman–Crippen MR) is 128 cm³/mol. The maximum absolute atomic E-state index is 12.7. The molecule has 0 fully saturated rings. The number of rotatable bonds is 8. The normalized spacial score (nSPS) is 14.7. The van der Waals surface area contributed by atoms with Crippen molar-refractivity contribution in [1.82, 2.24) is 24.8 Å². The SMILES string of the molecule is CCN(CCC(F)(F)F)c1ccc(/N=C2/C(CS(N)(=O)=O)=Nn3c2nnc3-c2cnccn2)c(C)c1. The van der Waals surface area contributed by atoms with Crippen LogP contribution in [-0.2, 0) is 10.0 Å². The molecule has 0 bridgehead atoms. The van der Waals surface area contributed by atoms with Gasteiger partial charge in [-0.05, 0) is 37.6 Å². The highest BCUT2D eigenvalue weighted by atomic mass is 32.2. The zero-order valence-electron chi connectivity index (χ0n) is 19.3. The zero-order chi connectivity index (χ0) is 26.1. The van der Waals surface area contributed by atoms with Gasteiger partial charge >= 0.3 is 6.18 Å². The van der Waals surface area contributed by atoms with E-state index in [1.165, 1.54) is 23.3 Å². The molecule has 2 aromatic heterocycles. The third kappa shape index (κ3) is 5.73. The van der Waals surface area contributed by atoms with Crippen LogP contribution in [0.2, 0.25) is 0 Å². The first-order valence-electron chi connectivity index (χ1n) is 10.8. The van der Waals surface area contributed by atoms with Crippen molar-refractivity contribution in [2.45, 2.75) is 26.4 Å². The summed E-state index contributed by atoms with van der Waals surface area (Å²) in [6.45, 7) is 3.74. The van der Waals surface area contributed by atoms with Crippen molar-refractivity contribution in [3.63, 3.8) is 0 Å². The van der Waals surface area contributed by atoms with Gasteiger partial charge in [-0.25, -0.2) is 23.5 Å². The summed E-state index contributed by atoms with van der Waals surface area (Å²) in [6, 6.07) is 5.03. The van der Waals surface area contributed by atoms with Gasteiger partial charge in [0.05, 0.1) is 18.3 Å². The van der Waals surface area contributed by atoms with Gasteiger partial charge in [0.15, 0.2) is 0 Å². The molecule has 15 heteroatoms. The van der Waals surface area contributed by atoms with Crippen LogP contribution in [0.15, 0.2) is 46.9 Å². The van der Waals surface area contributed by atoms with Crippen LogP contribution in [0.1, 0.15) is 24.7 Å². The number of halogens is 3. The summed E-state index contributed by atoms with van der Waals surface area (Å²) in [5, 5.41) is 17.8. The molecule has 190 valence electrons. The van der Waals surface area contributed by atoms with Crippen LogP contribution in [0, 0.1) is 6.92 Å². The van der Waals surface area contributed by atoms with Crippen LogP contribution in [0.3, 0.4) is 0 Å². The topological polar surface area (TPSA) is 145 Å². The highest BCUT2D eigenvalue weighted by Crippen LogP contribution is 2.29. The summed E-state index contributed by atoms with van der Waals surface area (Å²) in [5.41, 5.74) is 2.33. The molecule has 11 nitrogen and oxygen atoms in total. The van der Waals surface area contributed by atoms with Crippen LogP contribution in [-0.4, -0.2) is 69.7 Å². The number of benzene rings is 1. The minimum absolute atomic E-state index is 0.0661. The van der Waals surface area contributed by atoms with Crippen LogP contribution >= 0.6 is 0 Å². The summed E-state index contributed by atoms with van der Waals surface area (Å²) < 4.78 is 63.1. The quantitative estimate of drug-likeness (QED) is 0.479. The molecule has 1 aliphatic heterocycles. The maximum Gasteiger partial charge on any atom is 0.390 e. The molecule has 36 heavy (non-hydrogen) atoms. The van der Waals surface area contributed by atoms with E-state index < -0.39 is 28.4 Å². The fourth-order valence-corrected chi connectivity index (χ4v) is 4.19. The number of nitrogens with two attached hydrogens (primary N) is 1. The molecule has 3 aromatic rings. The number of anilines is 1. The van der Waals surface area contributed by atoms with Gasteiger partial charge in [0.1, 0.15) is 22.9 Å². The van der Waals surface area contributed by atoms with E-state index in [1.54, 1.807) is 36.9 Å². The fourth-order valence-electron chi connectivity index (χ4n) is 3.61. The zero-order valence-corrected chi connectivity index (χ0v) is 20.1. The molecule has 0 saturated carbocycles. The summed E-state index contributed by atoms with van der Waals surface area (Å²) >= 11 is 0. The van der Waals surface area contributed by atoms with E-state index in [9.17, 15) is 21.6 Å². The number of aliphatic imine (C=N–C) groups is 1. The lowest BCUT2D eigenvalue weighted by Gasteiger charge is -2.24. The van der Waals surface area contributed by atoms with Gasteiger partial charge in [-0.3, -0.25) is 4.98 Å². The smallest absolute Gasteiger partial charge is 0.371 e. The minimum Gasteiger partial charge on any atom is -0.371 e. The Balaban J connectivity index is 1.71. The lowest BCUT2D eigenvalue weighted by Crippen LogP contribution is -2.28. The number of fused-ring (bicyclic) bond motifs is 1. The minimum atomic E-state index is -4.25. The molecule has 0 radical (unpaired) electrons. The molecule has 0 aliphatic carbocycles. The van der Waals surface area contributed by atoms with E-state index in [2.05, 4.69) is 30.3 Å². The van der Waals surface area contributed by atoms with Crippen LogP contribution in [0.25, 0.3) is 11.5 Å². The van der Waals surface area contributed by atoms with Gasteiger partial charge in [0.25, 0.3) is 0 Å². The Hall–Kier alpha value is -3.72. The molecular formula is C21H22F3N9O2S. The maximum atomic E-state index is 12.7. The largest absolute Gasteiger partial charge is 0.390 e. The fraction of sp³-hybridized carbons (Fsp3) is 0.333. The van der Waals surface area contributed by atoms with E-state index >= 15 is 0 Å². The second kappa shape index (κ2) is 9.73. The van der Waals surface area contributed by atoms with Crippen molar-refractivity contribution >= 4 is 32.8 Å². The number of aromatic nitrogens is 5. The number of nitrogens with zero attached hydrogens (tertiary/aromatic N) is 8. The molecule has 0 amide bonds. The van der Waals surface area contributed by atoms with Gasteiger partial charge in [0.2, 0.25) is 21.7 Å². The van der Waals surface area contributed by atoms with Gasteiger partial charge < -0.3 is 4.90 Å². The monoisotopic (exact) mass is 521 g/mol. The highest BCUT2D eigenvalue weighted by Gasteiger charge is 2.32. The third-order valence-corrected chi connectivity index (χ3v) is 5.98. The molecule has 4 rings (SSSR count). The van der Waals surface area contributed by atoms with Crippen molar-refractivity contribution in [2.75, 3.05) is 23.7 Å². The van der Waals surface area contributed by atoms with Crippen LogP contribution in [0.5, 0.6) is 0 Å². The molecule has 2 N–H and O–H groups in total. The number of alkyl halides is 3. The van der Waals surface area contributed by atoms with Gasteiger partial charge in [-0.1, -0.05) is 0 Å². The number of aryl methyl sites for hydroxylation is 1. The average molecular weight is 522 g/mol. The highest BCUT2D eigenvalue weighted by molar-refractivity contribution is 7.90. The third-order valence-electron chi connectivity index (χ3n) is 5.30. The molecule has 0 spiro atoms. The first-order valence-corrected chi connectivity index (χ1v) is 12.5. The van der Waals surface area contributed by atoms with E-state index in [-0.39, 0.29) is 29.6 Å². The Morgan fingerprint density at radius 1 is 1.17 bits per heavy atom. The van der Waals surface area contributed by atoms with Crippen LogP contribution in [0.4, 0.5) is 24.5 Å². The van der Waals surface area contributed by atoms with Crippen molar-refractivity contribution < 1.29 is 21.6 Å². The number of sulfonamides is 1. The second-order valence-electron chi connectivity index (χ2n) is 7.98. The second-order valence-corrected chi connectivity index (χ2v) is 9.59. The molecule has 0 unspecified atom stereocenters. The summed E-state index contributed by atoms with van der Waals surface area (Å²) in [5.74, 6) is -0.156. The van der Waals surface area contributed by atoms with Crippen molar-refractivity contribution in [2.24, 2.45) is 15.2 Å². The van der Waals surface area contributed by atoms with Gasteiger partial charge in [-0.15, -0.1) is 10.2 Å². The van der Waals surface area contributed by atoms with E-state index in [4.69, 9.17) is 5.14 Å². The summed E-state index contributed by atoms with van der Waals surface area (Å²) in [7, 11) is -3.96. The number of primary sulfonamides is 1. The first kappa shape index (κ1) is 25.4. The van der Waals surface area contributed by atoms with E-state index in [0.29, 0.717) is 29.2 Å². The molecular weight excluding hydrogens is 499 g/mol. The Bertz CT molecular complexity index is 1430. The van der Waals surface area contributed by atoms with Gasteiger partial charge in [0, 0.05) is 31.2 Å². The summed E-state index contributed by atoms with van der Waals surface area (Å²) in [6.07, 6.45) is -0.767. The number of hydrogen-bond acceptors (Lipinski definition) is 9. The molecule has 3 heterocycles. The van der Waals surface area contributed by atoms with E-state index in [0.717, 1.165) is 0 Å². The Morgan fingerprint density at radius 2 is 1.92 bits per heavy atom. The van der Waals surface area contributed by atoms with Gasteiger partial charge in [-0.2, -0.15) is 22.9 Å². The van der Waals surface area contributed by atoms with Crippen molar-refractivity contribution in [1.29, 1.82) is 0 Å². The standard InChI is InChI=1S/C21H22F3N9O2S/c1-3-32(9-6-21(22,23)24)14-4-5-15(13(2)10-14)28-18-17(12-36(25,34)35)31-33-19(29-30-20(18)33)16-11-26-7-8-27-16/h4-5,7-8,10-11H,3,6,9,12H2,1-2H3,(H2,25,34,35)/b28-18-. The van der Waals surface area contributed by atoms with Crippen LogP contribution < -0.4 is 10.0 Å². The Labute approximate surface area is 204 Å². The lowest BCUT2D eigenvalue weighted by molar-refractivity contribution is -0.132. The Kier molecular flexibility index (Phi) is 6.86. The number of hydrogen-bond donors (Lipinski definition) is 1.